The van der Waals surface area contributed by atoms with Crippen molar-refractivity contribution in [1.82, 2.24) is 4.90 Å². The number of carbonyl (C=O) groups excluding carboxylic acids is 2. The van der Waals surface area contributed by atoms with Crippen molar-refractivity contribution in [3.05, 3.63) is 64.4 Å². The minimum atomic E-state index is -3.00. The van der Waals surface area contributed by atoms with Gasteiger partial charge in [0.25, 0.3) is 11.8 Å². The van der Waals surface area contributed by atoms with E-state index < -0.39 is 42.2 Å². The number of hydrogen-bond acceptors (Lipinski definition) is 3. The third kappa shape index (κ3) is 4.02. The summed E-state index contributed by atoms with van der Waals surface area (Å²) in [5, 5.41) is 10.1. The fourth-order valence-electron chi connectivity index (χ4n) is 3.37. The number of aliphatic hydroxyl groups excluding tert-OH is 1. The van der Waals surface area contributed by atoms with Crippen LogP contribution >= 0.6 is 11.6 Å². The summed E-state index contributed by atoms with van der Waals surface area (Å²) in [4.78, 5) is 28.1. The summed E-state index contributed by atoms with van der Waals surface area (Å²) in [5.41, 5.74) is -1.45. The van der Waals surface area contributed by atoms with Crippen molar-refractivity contribution in [2.45, 2.75) is 31.9 Å². The highest BCUT2D eigenvalue weighted by atomic mass is 35.5. The SMILES string of the molecule is CC(F)(F)c1ccc(CN2C(=O)CN(c3ccc(Cl)cc3F)C(=O)C2(C)CO)cc1. The van der Waals surface area contributed by atoms with Crippen molar-refractivity contribution in [1.29, 1.82) is 0 Å². The maximum Gasteiger partial charge on any atom is 0.270 e. The molecule has 1 unspecified atom stereocenters. The van der Waals surface area contributed by atoms with Gasteiger partial charge in [-0.15, -0.1) is 0 Å². The highest BCUT2D eigenvalue weighted by Gasteiger charge is 2.49. The van der Waals surface area contributed by atoms with Crippen LogP contribution in [0.15, 0.2) is 42.5 Å². The van der Waals surface area contributed by atoms with Gasteiger partial charge < -0.3 is 10.0 Å². The smallest absolute Gasteiger partial charge is 0.270 e. The Morgan fingerprint density at radius 3 is 2.33 bits per heavy atom. The molecule has 1 heterocycles. The zero-order valence-corrected chi connectivity index (χ0v) is 17.1. The summed E-state index contributed by atoms with van der Waals surface area (Å²) in [7, 11) is 0. The molecule has 0 saturated carbocycles. The van der Waals surface area contributed by atoms with Crippen molar-refractivity contribution in [3.63, 3.8) is 0 Å². The lowest BCUT2D eigenvalue weighted by Crippen LogP contribution is -2.68. The average Bonchev–Trinajstić information content (AvgIpc) is 2.68. The molecule has 2 amide bonds. The van der Waals surface area contributed by atoms with Crippen molar-refractivity contribution in [2.24, 2.45) is 0 Å². The highest BCUT2D eigenvalue weighted by molar-refractivity contribution is 6.30. The molecule has 0 aromatic heterocycles. The standard InChI is InChI=1S/C21H20ClF3N2O3/c1-20(12-28)19(30)26(17-8-7-15(22)9-16(17)23)11-18(29)27(20)10-13-3-5-14(6-4-13)21(2,24)25/h3-9,28H,10-12H2,1-2H3. The number of anilines is 1. The van der Waals surface area contributed by atoms with Crippen LogP contribution < -0.4 is 4.90 Å². The molecule has 1 saturated heterocycles. The molecule has 2 aromatic carbocycles. The van der Waals surface area contributed by atoms with E-state index in [2.05, 4.69) is 0 Å². The van der Waals surface area contributed by atoms with Crippen molar-refractivity contribution < 1.29 is 27.9 Å². The Kier molecular flexibility index (Phi) is 5.84. The molecule has 0 aliphatic carbocycles. The van der Waals surface area contributed by atoms with Gasteiger partial charge in [-0.25, -0.2) is 13.2 Å². The van der Waals surface area contributed by atoms with Crippen LogP contribution in [0.3, 0.4) is 0 Å². The van der Waals surface area contributed by atoms with Gasteiger partial charge in [0.2, 0.25) is 5.91 Å². The summed E-state index contributed by atoms with van der Waals surface area (Å²) < 4.78 is 41.2. The quantitative estimate of drug-likeness (QED) is 0.771. The molecule has 2 aromatic rings. The van der Waals surface area contributed by atoms with E-state index in [-0.39, 0.29) is 22.8 Å². The summed E-state index contributed by atoms with van der Waals surface area (Å²) in [6, 6.07) is 9.09. The monoisotopic (exact) mass is 440 g/mol. The first-order valence-electron chi connectivity index (χ1n) is 9.13. The largest absolute Gasteiger partial charge is 0.393 e. The molecule has 0 radical (unpaired) electrons. The molecular weight excluding hydrogens is 421 g/mol. The van der Waals surface area contributed by atoms with Crippen molar-refractivity contribution >= 4 is 29.1 Å². The molecule has 1 N–H and O–H groups in total. The number of aliphatic hydroxyl groups is 1. The molecular formula is C21H20ClF3N2O3. The van der Waals surface area contributed by atoms with Gasteiger partial charge in [-0.05, 0) is 30.7 Å². The van der Waals surface area contributed by atoms with Gasteiger partial charge in [-0.1, -0.05) is 35.9 Å². The van der Waals surface area contributed by atoms with Gasteiger partial charge in [0.1, 0.15) is 17.9 Å². The van der Waals surface area contributed by atoms with E-state index >= 15 is 0 Å². The predicted octanol–water partition coefficient (Wildman–Crippen LogP) is 3.72. The van der Waals surface area contributed by atoms with Crippen LogP contribution in [0, 0.1) is 5.82 Å². The van der Waals surface area contributed by atoms with Crippen molar-refractivity contribution in [2.75, 3.05) is 18.1 Å². The zero-order chi connectivity index (χ0) is 22.3. The van der Waals surface area contributed by atoms with E-state index in [9.17, 15) is 27.9 Å². The Balaban J connectivity index is 1.90. The van der Waals surface area contributed by atoms with E-state index in [1.165, 1.54) is 48.2 Å². The molecule has 1 aliphatic rings. The molecule has 5 nitrogen and oxygen atoms in total. The first-order chi connectivity index (χ1) is 14.0. The third-order valence-electron chi connectivity index (χ3n) is 5.21. The molecule has 0 spiro atoms. The molecule has 3 rings (SSSR count). The summed E-state index contributed by atoms with van der Waals surface area (Å²) in [5.74, 6) is -4.96. The normalized spacial score (nSPS) is 20.1. The molecule has 0 bridgehead atoms. The first-order valence-corrected chi connectivity index (χ1v) is 9.51. The van der Waals surface area contributed by atoms with Crippen LogP contribution in [0.25, 0.3) is 0 Å². The van der Waals surface area contributed by atoms with E-state index in [0.717, 1.165) is 17.9 Å². The van der Waals surface area contributed by atoms with Crippen LogP contribution in [0.2, 0.25) is 5.02 Å². The van der Waals surface area contributed by atoms with E-state index in [4.69, 9.17) is 11.6 Å². The molecule has 1 fully saturated rings. The van der Waals surface area contributed by atoms with Gasteiger partial charge in [0, 0.05) is 24.1 Å². The lowest BCUT2D eigenvalue weighted by molar-refractivity contribution is -0.153. The number of amides is 2. The van der Waals surface area contributed by atoms with Crippen LogP contribution in [0.4, 0.5) is 18.9 Å². The zero-order valence-electron chi connectivity index (χ0n) is 16.3. The van der Waals surface area contributed by atoms with Gasteiger partial charge in [0.05, 0.1) is 12.3 Å². The van der Waals surface area contributed by atoms with E-state index in [1.54, 1.807) is 0 Å². The maximum absolute atomic E-state index is 14.3. The van der Waals surface area contributed by atoms with Crippen LogP contribution in [-0.4, -0.2) is 40.5 Å². The second kappa shape index (κ2) is 7.92. The Bertz CT molecular complexity index is 978. The Morgan fingerprint density at radius 1 is 1.17 bits per heavy atom. The minimum absolute atomic E-state index is 0.0753. The highest BCUT2D eigenvalue weighted by Crippen LogP contribution is 2.32. The summed E-state index contributed by atoms with van der Waals surface area (Å²) in [6.07, 6.45) is 0. The average molecular weight is 441 g/mol. The van der Waals surface area contributed by atoms with Crippen LogP contribution in [0.5, 0.6) is 0 Å². The Labute approximate surface area is 176 Å². The minimum Gasteiger partial charge on any atom is -0.393 e. The van der Waals surface area contributed by atoms with Gasteiger partial charge in [0.15, 0.2) is 0 Å². The van der Waals surface area contributed by atoms with Crippen LogP contribution in [0.1, 0.15) is 25.0 Å². The third-order valence-corrected chi connectivity index (χ3v) is 5.44. The van der Waals surface area contributed by atoms with E-state index in [0.29, 0.717) is 5.56 Å². The fraction of sp³-hybridized carbons (Fsp3) is 0.333. The fourth-order valence-corrected chi connectivity index (χ4v) is 3.53. The number of rotatable bonds is 5. The second-order valence-electron chi connectivity index (χ2n) is 7.48. The molecule has 160 valence electrons. The first kappa shape index (κ1) is 22.1. The number of halogens is 4. The maximum atomic E-state index is 14.3. The molecule has 30 heavy (non-hydrogen) atoms. The molecule has 9 heteroatoms. The number of alkyl halides is 2. The summed E-state index contributed by atoms with van der Waals surface area (Å²) in [6.45, 7) is 0.949. The van der Waals surface area contributed by atoms with Gasteiger partial charge in [-0.2, -0.15) is 0 Å². The number of benzene rings is 2. The van der Waals surface area contributed by atoms with Crippen molar-refractivity contribution in [3.8, 4) is 0 Å². The number of carbonyl (C=O) groups is 2. The number of nitrogens with zero attached hydrogens (tertiary/aromatic N) is 2. The van der Waals surface area contributed by atoms with Crippen LogP contribution in [-0.2, 0) is 22.1 Å². The second-order valence-corrected chi connectivity index (χ2v) is 7.92. The lowest BCUT2D eigenvalue weighted by Gasteiger charge is -2.46. The topological polar surface area (TPSA) is 60.9 Å². The Hall–Kier alpha value is -2.58. The lowest BCUT2D eigenvalue weighted by atomic mass is 9.93. The van der Waals surface area contributed by atoms with Gasteiger partial charge in [-0.3, -0.25) is 14.5 Å². The predicted molar refractivity (Wildman–Crippen MR) is 106 cm³/mol. The molecule has 1 atom stereocenters. The van der Waals surface area contributed by atoms with E-state index in [1.807, 2.05) is 0 Å². The number of piperazine rings is 1. The Morgan fingerprint density at radius 2 is 1.80 bits per heavy atom. The van der Waals surface area contributed by atoms with Gasteiger partial charge >= 0.3 is 0 Å². The molecule has 1 aliphatic heterocycles. The number of hydrogen-bond donors (Lipinski definition) is 1. The summed E-state index contributed by atoms with van der Waals surface area (Å²) >= 11 is 5.75.